The molecule has 0 saturated heterocycles. The molecule has 0 bridgehead atoms. The van der Waals surface area contributed by atoms with Crippen LogP contribution < -0.4 is 17.2 Å². The van der Waals surface area contributed by atoms with Crippen LogP contribution in [0, 0.1) is 0 Å². The highest BCUT2D eigenvalue weighted by Crippen LogP contribution is 2.24. The van der Waals surface area contributed by atoms with Gasteiger partial charge in [-0.3, -0.25) is 4.55 Å². The minimum absolute atomic E-state index is 0.129. The Kier molecular flexibility index (Phi) is 2.10. The van der Waals surface area contributed by atoms with E-state index < -0.39 is 15.0 Å². The molecule has 0 heterocycles. The van der Waals surface area contributed by atoms with Gasteiger partial charge in [-0.1, -0.05) is 0 Å². The molecule has 0 radical (unpaired) electrons. The smallest absolute Gasteiger partial charge is 0.288 e. The summed E-state index contributed by atoms with van der Waals surface area (Å²) >= 11 is 0. The SMILES string of the molecule is NC1=CC(N)(S(=O)(=O)O)CC(N)=C1. The Balaban J connectivity index is 3.19. The highest BCUT2D eigenvalue weighted by atomic mass is 32.2. The Bertz CT molecular complexity index is 384. The summed E-state index contributed by atoms with van der Waals surface area (Å²) < 4.78 is 30.5. The van der Waals surface area contributed by atoms with Crippen LogP contribution in [0.1, 0.15) is 6.42 Å². The molecule has 6 nitrogen and oxygen atoms in total. The van der Waals surface area contributed by atoms with Crippen LogP contribution in [0.2, 0.25) is 0 Å². The van der Waals surface area contributed by atoms with Crippen molar-refractivity contribution in [3.05, 3.63) is 23.5 Å². The summed E-state index contributed by atoms with van der Waals surface area (Å²) in [6.07, 6.45) is 2.31. The normalized spacial score (nSPS) is 29.4. The molecule has 7 heteroatoms. The molecule has 1 atom stereocenters. The van der Waals surface area contributed by atoms with Gasteiger partial charge in [0.15, 0.2) is 4.87 Å². The molecule has 1 aliphatic rings. The monoisotopic (exact) mass is 205 g/mol. The van der Waals surface area contributed by atoms with E-state index in [9.17, 15) is 8.42 Å². The Morgan fingerprint density at radius 2 is 2.00 bits per heavy atom. The number of hydrogen-bond acceptors (Lipinski definition) is 5. The van der Waals surface area contributed by atoms with Gasteiger partial charge in [0.2, 0.25) is 0 Å². The van der Waals surface area contributed by atoms with Gasteiger partial charge >= 0.3 is 0 Å². The molecule has 0 spiro atoms. The maximum atomic E-state index is 10.8. The van der Waals surface area contributed by atoms with E-state index in [1.165, 1.54) is 6.08 Å². The van der Waals surface area contributed by atoms with Crippen LogP contribution in [0.15, 0.2) is 23.5 Å². The van der Waals surface area contributed by atoms with Crippen LogP contribution in [-0.2, 0) is 10.1 Å². The Morgan fingerprint density at radius 1 is 1.46 bits per heavy atom. The van der Waals surface area contributed by atoms with Crippen molar-refractivity contribution in [2.75, 3.05) is 0 Å². The summed E-state index contributed by atoms with van der Waals surface area (Å²) in [4.78, 5) is -1.89. The second kappa shape index (κ2) is 2.72. The van der Waals surface area contributed by atoms with E-state index in [4.69, 9.17) is 21.8 Å². The zero-order chi connectivity index (χ0) is 10.3. The van der Waals surface area contributed by atoms with Crippen molar-refractivity contribution in [1.82, 2.24) is 0 Å². The molecule has 0 amide bonds. The second-order valence-electron chi connectivity index (χ2n) is 2.97. The zero-order valence-electron chi connectivity index (χ0n) is 6.77. The second-order valence-corrected chi connectivity index (χ2v) is 4.68. The lowest BCUT2D eigenvalue weighted by Gasteiger charge is -2.25. The average molecular weight is 205 g/mol. The standard InChI is InChI=1S/C6H11N3O3S/c7-4-1-5(8)3-6(9,2-4)13(10,11)12/h1-2H,3,7-9H2,(H,10,11,12). The quantitative estimate of drug-likeness (QED) is 0.390. The first-order chi connectivity index (χ1) is 5.74. The molecule has 0 saturated carbocycles. The third-order valence-corrected chi connectivity index (χ3v) is 2.95. The fraction of sp³-hybridized carbons (Fsp3) is 0.333. The topological polar surface area (TPSA) is 132 Å². The van der Waals surface area contributed by atoms with Crippen LogP contribution in [0.3, 0.4) is 0 Å². The van der Waals surface area contributed by atoms with Crippen LogP contribution >= 0.6 is 0 Å². The minimum atomic E-state index is -4.39. The molecular weight excluding hydrogens is 194 g/mol. The summed E-state index contributed by atoms with van der Waals surface area (Å²) in [7, 11) is -4.39. The largest absolute Gasteiger partial charge is 0.402 e. The average Bonchev–Trinajstić information content (AvgIpc) is 1.79. The lowest BCUT2D eigenvalue weighted by Crippen LogP contribution is -2.48. The Labute approximate surface area is 75.8 Å². The molecule has 0 aliphatic heterocycles. The van der Waals surface area contributed by atoms with E-state index in [-0.39, 0.29) is 17.8 Å². The fourth-order valence-corrected chi connectivity index (χ4v) is 1.76. The van der Waals surface area contributed by atoms with Crippen LogP contribution in [0.4, 0.5) is 0 Å². The molecule has 1 rings (SSSR count). The summed E-state index contributed by atoms with van der Waals surface area (Å²) in [6.45, 7) is 0. The van der Waals surface area contributed by atoms with E-state index >= 15 is 0 Å². The van der Waals surface area contributed by atoms with Crippen LogP contribution in [-0.4, -0.2) is 17.8 Å². The molecule has 1 aliphatic carbocycles. The summed E-state index contributed by atoms with van der Waals surface area (Å²) in [5, 5.41) is 0. The number of rotatable bonds is 1. The maximum absolute atomic E-state index is 10.8. The van der Waals surface area contributed by atoms with Crippen molar-refractivity contribution in [1.29, 1.82) is 0 Å². The van der Waals surface area contributed by atoms with Gasteiger partial charge in [-0.15, -0.1) is 0 Å². The molecule has 0 aromatic carbocycles. The Morgan fingerprint density at radius 3 is 2.38 bits per heavy atom. The van der Waals surface area contributed by atoms with Gasteiger partial charge in [0.25, 0.3) is 10.1 Å². The molecule has 13 heavy (non-hydrogen) atoms. The van der Waals surface area contributed by atoms with E-state index in [1.54, 1.807) is 0 Å². The lowest BCUT2D eigenvalue weighted by atomic mass is 10.0. The van der Waals surface area contributed by atoms with Gasteiger partial charge in [-0.25, -0.2) is 0 Å². The van der Waals surface area contributed by atoms with E-state index in [0.29, 0.717) is 0 Å². The first kappa shape index (κ1) is 10.0. The molecule has 0 aromatic heterocycles. The minimum Gasteiger partial charge on any atom is -0.402 e. The summed E-state index contributed by atoms with van der Waals surface area (Å²) in [6, 6.07) is 0. The van der Waals surface area contributed by atoms with Crippen LogP contribution in [0.5, 0.6) is 0 Å². The lowest BCUT2D eigenvalue weighted by molar-refractivity contribution is 0.444. The number of nitrogens with two attached hydrogens (primary N) is 3. The molecule has 7 N–H and O–H groups in total. The highest BCUT2D eigenvalue weighted by Gasteiger charge is 2.39. The molecule has 1 unspecified atom stereocenters. The van der Waals surface area contributed by atoms with Gasteiger partial charge in [-0.2, -0.15) is 8.42 Å². The summed E-state index contributed by atoms with van der Waals surface area (Å²) in [5.41, 5.74) is 16.5. The van der Waals surface area contributed by atoms with E-state index in [2.05, 4.69) is 0 Å². The predicted molar refractivity (Wildman–Crippen MR) is 47.6 cm³/mol. The van der Waals surface area contributed by atoms with Crippen molar-refractivity contribution in [2.45, 2.75) is 11.3 Å². The van der Waals surface area contributed by atoms with E-state index in [1.807, 2.05) is 0 Å². The van der Waals surface area contributed by atoms with Gasteiger partial charge < -0.3 is 17.2 Å². The van der Waals surface area contributed by atoms with Gasteiger partial charge in [0.1, 0.15) is 0 Å². The van der Waals surface area contributed by atoms with Crippen molar-refractivity contribution < 1.29 is 13.0 Å². The molecule has 0 fully saturated rings. The van der Waals surface area contributed by atoms with Gasteiger partial charge in [-0.05, 0) is 12.2 Å². The predicted octanol–water partition coefficient (Wildman–Crippen LogP) is -1.38. The first-order valence-corrected chi connectivity index (χ1v) is 4.89. The highest BCUT2D eigenvalue weighted by molar-refractivity contribution is 7.87. The van der Waals surface area contributed by atoms with Crippen LogP contribution in [0.25, 0.3) is 0 Å². The number of hydrogen-bond donors (Lipinski definition) is 4. The van der Waals surface area contributed by atoms with Gasteiger partial charge in [0.05, 0.1) is 0 Å². The summed E-state index contributed by atoms with van der Waals surface area (Å²) in [5.74, 6) is 0. The molecule has 0 aromatic rings. The van der Waals surface area contributed by atoms with Crippen molar-refractivity contribution in [2.24, 2.45) is 17.2 Å². The third kappa shape index (κ3) is 1.82. The van der Waals surface area contributed by atoms with Crippen molar-refractivity contribution in [3.8, 4) is 0 Å². The molecular formula is C6H11N3O3S. The zero-order valence-corrected chi connectivity index (χ0v) is 7.58. The molecule has 74 valence electrons. The fourth-order valence-electron chi connectivity index (χ4n) is 1.12. The maximum Gasteiger partial charge on any atom is 0.288 e. The van der Waals surface area contributed by atoms with Crippen molar-refractivity contribution >= 4 is 10.1 Å². The van der Waals surface area contributed by atoms with E-state index in [0.717, 1.165) is 6.08 Å². The Hall–Kier alpha value is -1.05. The number of allylic oxidation sites excluding steroid dienone is 1. The van der Waals surface area contributed by atoms with Crippen molar-refractivity contribution in [3.63, 3.8) is 0 Å². The third-order valence-electron chi connectivity index (χ3n) is 1.72. The first-order valence-electron chi connectivity index (χ1n) is 3.45. The van der Waals surface area contributed by atoms with Gasteiger partial charge in [0, 0.05) is 17.8 Å².